The van der Waals surface area contributed by atoms with Crippen molar-refractivity contribution in [3.05, 3.63) is 67.3 Å². The average molecular weight is 408 g/mol. The van der Waals surface area contributed by atoms with Gasteiger partial charge in [0.05, 0.1) is 15.6 Å². The van der Waals surface area contributed by atoms with Gasteiger partial charge in [-0.2, -0.15) is 0 Å². The van der Waals surface area contributed by atoms with E-state index in [1.165, 1.54) is 6.07 Å². The monoisotopic (exact) mass is 406 g/mol. The highest BCUT2D eigenvalue weighted by Crippen LogP contribution is 2.29. The van der Waals surface area contributed by atoms with Crippen LogP contribution in [-0.4, -0.2) is 5.11 Å². The highest BCUT2D eigenvalue weighted by Gasteiger charge is 2.13. The fourth-order valence-corrected chi connectivity index (χ4v) is 2.69. The topological polar surface area (TPSA) is 20.2 Å². The van der Waals surface area contributed by atoms with Crippen LogP contribution in [0.5, 0.6) is 0 Å². The van der Waals surface area contributed by atoms with Gasteiger partial charge in [0.2, 0.25) is 0 Å². The summed E-state index contributed by atoms with van der Waals surface area (Å²) in [5.74, 6) is -0.331. The first-order valence-electron chi connectivity index (χ1n) is 5.55. The van der Waals surface area contributed by atoms with Gasteiger partial charge < -0.3 is 5.11 Å². The summed E-state index contributed by atoms with van der Waals surface area (Å²) in [5.41, 5.74) is 1.45. The van der Waals surface area contributed by atoms with E-state index >= 15 is 0 Å². The largest absolute Gasteiger partial charge is 0.388 e. The normalized spacial score (nSPS) is 12.5. The van der Waals surface area contributed by atoms with E-state index in [1.54, 1.807) is 30.3 Å². The molecule has 19 heavy (non-hydrogen) atoms. The van der Waals surface area contributed by atoms with E-state index in [2.05, 4.69) is 31.9 Å². The van der Waals surface area contributed by atoms with Crippen LogP contribution in [0.2, 0.25) is 5.02 Å². The first kappa shape index (κ1) is 15.0. The van der Waals surface area contributed by atoms with E-state index in [-0.39, 0.29) is 5.82 Å². The third kappa shape index (κ3) is 3.57. The fourth-order valence-electron chi connectivity index (χ4n) is 1.75. The maximum Gasteiger partial charge on any atom is 0.137 e. The van der Waals surface area contributed by atoms with Gasteiger partial charge in [-0.1, -0.05) is 29.8 Å². The van der Waals surface area contributed by atoms with E-state index in [0.717, 1.165) is 15.6 Å². The maximum absolute atomic E-state index is 13.4. The van der Waals surface area contributed by atoms with Crippen LogP contribution >= 0.6 is 43.5 Å². The number of benzene rings is 2. The van der Waals surface area contributed by atoms with E-state index in [0.29, 0.717) is 15.9 Å². The molecule has 0 heterocycles. The van der Waals surface area contributed by atoms with Crippen molar-refractivity contribution in [2.24, 2.45) is 0 Å². The zero-order chi connectivity index (χ0) is 14.0. The molecule has 1 unspecified atom stereocenters. The molecule has 1 atom stereocenters. The zero-order valence-electron chi connectivity index (χ0n) is 9.71. The van der Waals surface area contributed by atoms with Crippen molar-refractivity contribution >= 4 is 43.5 Å². The van der Waals surface area contributed by atoms with Gasteiger partial charge >= 0.3 is 0 Å². The van der Waals surface area contributed by atoms with Crippen molar-refractivity contribution in [1.29, 1.82) is 0 Å². The lowest BCUT2D eigenvalue weighted by Crippen LogP contribution is -2.03. The van der Waals surface area contributed by atoms with Gasteiger partial charge in [0.1, 0.15) is 5.82 Å². The molecule has 0 aliphatic rings. The van der Waals surface area contributed by atoms with Crippen molar-refractivity contribution < 1.29 is 9.50 Å². The van der Waals surface area contributed by atoms with Gasteiger partial charge in [0.25, 0.3) is 0 Å². The van der Waals surface area contributed by atoms with Gasteiger partial charge in [-0.15, -0.1) is 0 Å². The summed E-state index contributed by atoms with van der Waals surface area (Å²) >= 11 is 12.4. The molecule has 0 fully saturated rings. The van der Waals surface area contributed by atoms with Crippen LogP contribution in [0.4, 0.5) is 4.39 Å². The smallest absolute Gasteiger partial charge is 0.137 e. The van der Waals surface area contributed by atoms with Crippen LogP contribution in [0, 0.1) is 5.82 Å². The third-order valence-electron chi connectivity index (χ3n) is 2.77. The minimum absolute atomic E-state index is 0.326. The molecule has 0 saturated carbocycles. The summed E-state index contributed by atoms with van der Waals surface area (Å²) in [6, 6.07) is 10.0. The highest BCUT2D eigenvalue weighted by molar-refractivity contribution is 9.10. The molecule has 1 N–H and O–H groups in total. The third-order valence-corrected chi connectivity index (χ3v) is 4.88. The van der Waals surface area contributed by atoms with Gasteiger partial charge in [-0.05, 0) is 61.2 Å². The van der Waals surface area contributed by atoms with Crippen LogP contribution in [0.3, 0.4) is 0 Å². The Kier molecular flexibility index (Phi) is 5.01. The molecule has 5 heteroatoms. The summed E-state index contributed by atoms with van der Waals surface area (Å²) in [6.45, 7) is 0. The number of rotatable bonds is 3. The molecule has 2 aromatic rings. The summed E-state index contributed by atoms with van der Waals surface area (Å²) < 4.78 is 14.5. The molecule has 1 nitrogen and oxygen atoms in total. The first-order valence-corrected chi connectivity index (χ1v) is 7.51. The van der Waals surface area contributed by atoms with E-state index in [1.807, 2.05) is 0 Å². The molecule has 0 saturated heterocycles. The average Bonchev–Trinajstić information content (AvgIpc) is 2.38. The quantitative estimate of drug-likeness (QED) is 0.733. The van der Waals surface area contributed by atoms with Crippen molar-refractivity contribution in [1.82, 2.24) is 0 Å². The molecular weight excluding hydrogens is 398 g/mol. The highest BCUT2D eigenvalue weighted by atomic mass is 79.9. The molecule has 2 aromatic carbocycles. The zero-order valence-corrected chi connectivity index (χ0v) is 13.6. The summed E-state index contributed by atoms with van der Waals surface area (Å²) in [4.78, 5) is 0. The molecule has 0 aliphatic carbocycles. The van der Waals surface area contributed by atoms with Gasteiger partial charge in [-0.3, -0.25) is 0 Å². The Hall–Kier alpha value is -0.420. The number of hydrogen-bond donors (Lipinski definition) is 1. The summed E-state index contributed by atoms with van der Waals surface area (Å²) in [5, 5.41) is 10.8. The molecule has 0 aromatic heterocycles. The Morgan fingerprint density at radius 1 is 1.21 bits per heavy atom. The minimum Gasteiger partial charge on any atom is -0.388 e. The number of aliphatic hydroxyl groups excluding tert-OH is 1. The van der Waals surface area contributed by atoms with Gasteiger partial charge in [0, 0.05) is 10.9 Å². The maximum atomic E-state index is 13.4. The predicted molar refractivity (Wildman–Crippen MR) is 81.9 cm³/mol. The van der Waals surface area contributed by atoms with E-state index in [4.69, 9.17) is 11.6 Å². The summed E-state index contributed by atoms with van der Waals surface area (Å²) in [6.07, 6.45) is -0.390. The Balaban J connectivity index is 2.23. The van der Waals surface area contributed by atoms with Crippen LogP contribution in [0.15, 0.2) is 45.3 Å². The molecule has 2 rings (SSSR count). The van der Waals surface area contributed by atoms with Crippen molar-refractivity contribution in [3.63, 3.8) is 0 Å². The van der Waals surface area contributed by atoms with Gasteiger partial charge in [0.15, 0.2) is 0 Å². The Morgan fingerprint density at radius 2 is 1.95 bits per heavy atom. The second-order valence-electron chi connectivity index (χ2n) is 4.11. The minimum atomic E-state index is -0.716. The lowest BCUT2D eigenvalue weighted by Gasteiger charge is -2.13. The Labute approximate surface area is 132 Å². The Morgan fingerprint density at radius 3 is 2.63 bits per heavy atom. The lowest BCUT2D eigenvalue weighted by molar-refractivity contribution is 0.178. The Bertz CT molecular complexity index is 604. The number of aliphatic hydroxyl groups is 1. The van der Waals surface area contributed by atoms with E-state index in [9.17, 15) is 9.50 Å². The second kappa shape index (κ2) is 6.35. The summed E-state index contributed by atoms with van der Waals surface area (Å²) in [7, 11) is 0. The molecule has 0 aliphatic heterocycles. The second-order valence-corrected chi connectivity index (χ2v) is 6.16. The SMILES string of the molecule is OC(Cc1cccc(F)c1Br)c1ccc(Cl)c(Br)c1. The lowest BCUT2D eigenvalue weighted by atomic mass is 10.0. The molecule has 0 amide bonds. The van der Waals surface area contributed by atoms with E-state index < -0.39 is 6.10 Å². The molecule has 0 spiro atoms. The fraction of sp³-hybridized carbons (Fsp3) is 0.143. The first-order chi connectivity index (χ1) is 8.99. The number of halogens is 4. The van der Waals surface area contributed by atoms with Crippen LogP contribution in [-0.2, 0) is 6.42 Å². The molecule has 0 radical (unpaired) electrons. The van der Waals surface area contributed by atoms with Crippen LogP contribution in [0.1, 0.15) is 17.2 Å². The van der Waals surface area contributed by atoms with Crippen LogP contribution in [0.25, 0.3) is 0 Å². The predicted octanol–water partition coefficient (Wildman–Crippen LogP) is 5.28. The van der Waals surface area contributed by atoms with Crippen molar-refractivity contribution in [3.8, 4) is 0 Å². The molecule has 0 bridgehead atoms. The van der Waals surface area contributed by atoms with Gasteiger partial charge in [-0.25, -0.2) is 4.39 Å². The van der Waals surface area contributed by atoms with Crippen molar-refractivity contribution in [2.45, 2.75) is 12.5 Å². The molecule has 100 valence electrons. The van der Waals surface area contributed by atoms with Crippen LogP contribution < -0.4 is 0 Å². The van der Waals surface area contributed by atoms with Crippen molar-refractivity contribution in [2.75, 3.05) is 0 Å². The standard InChI is InChI=1S/C14H10Br2ClFO/c15-10-6-8(4-5-11(10)17)13(19)7-9-2-1-3-12(18)14(9)16/h1-6,13,19H,7H2. The number of hydrogen-bond acceptors (Lipinski definition) is 1. The molecular formula is C14H10Br2ClFO.